The van der Waals surface area contributed by atoms with Crippen molar-refractivity contribution in [3.8, 4) is 11.5 Å². The van der Waals surface area contributed by atoms with Crippen LogP contribution in [0.25, 0.3) is 0 Å². The molecule has 1 atom stereocenters. The van der Waals surface area contributed by atoms with Gasteiger partial charge in [-0.3, -0.25) is 0 Å². The largest absolute Gasteiger partial charge is 0.497 e. The molecule has 0 saturated carbocycles. The van der Waals surface area contributed by atoms with Gasteiger partial charge in [0, 0.05) is 12.1 Å². The van der Waals surface area contributed by atoms with Crippen molar-refractivity contribution in [3.63, 3.8) is 0 Å². The fraction of sp³-hybridized carbons (Fsp3) is 0.250. The van der Waals surface area contributed by atoms with Crippen molar-refractivity contribution in [2.75, 3.05) is 19.5 Å². The van der Waals surface area contributed by atoms with E-state index >= 15 is 0 Å². The van der Waals surface area contributed by atoms with Crippen LogP contribution in [-0.4, -0.2) is 14.2 Å². The van der Waals surface area contributed by atoms with Gasteiger partial charge in [0.05, 0.1) is 19.9 Å². The molecular weight excluding hydrogens is 257 g/mol. The fourth-order valence-corrected chi connectivity index (χ4v) is 1.99. The van der Waals surface area contributed by atoms with Gasteiger partial charge < -0.3 is 14.8 Å². The highest BCUT2D eigenvalue weighted by Gasteiger charge is 2.10. The van der Waals surface area contributed by atoms with E-state index in [0.717, 1.165) is 17.0 Å². The zero-order valence-electron chi connectivity index (χ0n) is 11.8. The molecule has 0 bridgehead atoms. The first-order valence-electron chi connectivity index (χ1n) is 6.38. The van der Waals surface area contributed by atoms with E-state index < -0.39 is 0 Å². The van der Waals surface area contributed by atoms with E-state index in [1.807, 2.05) is 31.2 Å². The van der Waals surface area contributed by atoms with Gasteiger partial charge in [0.15, 0.2) is 0 Å². The van der Waals surface area contributed by atoms with Crippen LogP contribution < -0.4 is 14.8 Å². The molecule has 0 aliphatic carbocycles. The van der Waals surface area contributed by atoms with Crippen molar-refractivity contribution in [2.45, 2.75) is 13.0 Å². The zero-order valence-corrected chi connectivity index (χ0v) is 11.8. The highest BCUT2D eigenvalue weighted by atomic mass is 19.1. The van der Waals surface area contributed by atoms with Crippen LogP contribution >= 0.6 is 0 Å². The van der Waals surface area contributed by atoms with Gasteiger partial charge in [-0.15, -0.1) is 0 Å². The molecule has 0 radical (unpaired) electrons. The maximum Gasteiger partial charge on any atom is 0.144 e. The number of anilines is 1. The van der Waals surface area contributed by atoms with Crippen LogP contribution in [0.3, 0.4) is 0 Å². The van der Waals surface area contributed by atoms with E-state index in [4.69, 9.17) is 9.47 Å². The van der Waals surface area contributed by atoms with Gasteiger partial charge in [-0.05, 0) is 36.8 Å². The van der Waals surface area contributed by atoms with E-state index in [9.17, 15) is 4.39 Å². The van der Waals surface area contributed by atoms with Crippen molar-refractivity contribution >= 4 is 5.69 Å². The standard InChI is InChI=1S/C16H18FNO2/c1-11(12-4-7-14(19-2)8-5-12)18-15-9-6-13(17)10-16(15)20-3/h4-11,18H,1-3H3. The Kier molecular flexibility index (Phi) is 4.45. The Morgan fingerprint density at radius 3 is 2.30 bits per heavy atom. The predicted octanol–water partition coefficient (Wildman–Crippen LogP) is 4.02. The molecule has 0 aromatic heterocycles. The lowest BCUT2D eigenvalue weighted by Gasteiger charge is -2.18. The first kappa shape index (κ1) is 14.2. The van der Waals surface area contributed by atoms with Crippen molar-refractivity contribution in [3.05, 3.63) is 53.8 Å². The highest BCUT2D eigenvalue weighted by molar-refractivity contribution is 5.57. The topological polar surface area (TPSA) is 30.5 Å². The Hall–Kier alpha value is -2.23. The molecule has 2 rings (SSSR count). The minimum absolute atomic E-state index is 0.0697. The van der Waals surface area contributed by atoms with Crippen LogP contribution in [0.4, 0.5) is 10.1 Å². The highest BCUT2D eigenvalue weighted by Crippen LogP contribution is 2.29. The van der Waals surface area contributed by atoms with E-state index in [1.54, 1.807) is 13.2 Å². The average Bonchev–Trinajstić information content (AvgIpc) is 2.49. The van der Waals surface area contributed by atoms with Crippen LogP contribution in [0, 0.1) is 5.82 Å². The Balaban J connectivity index is 2.16. The summed E-state index contributed by atoms with van der Waals surface area (Å²) in [6.07, 6.45) is 0. The first-order chi connectivity index (χ1) is 9.63. The van der Waals surface area contributed by atoms with Crippen molar-refractivity contribution in [1.82, 2.24) is 0 Å². The SMILES string of the molecule is COc1ccc(C(C)Nc2ccc(F)cc2OC)cc1. The molecule has 3 nitrogen and oxygen atoms in total. The summed E-state index contributed by atoms with van der Waals surface area (Å²) in [5, 5.41) is 3.31. The third kappa shape index (κ3) is 3.20. The molecule has 0 heterocycles. The summed E-state index contributed by atoms with van der Waals surface area (Å²) in [6.45, 7) is 2.03. The molecule has 1 N–H and O–H groups in total. The van der Waals surface area contributed by atoms with Crippen molar-refractivity contribution in [1.29, 1.82) is 0 Å². The van der Waals surface area contributed by atoms with Crippen LogP contribution in [0.1, 0.15) is 18.5 Å². The third-order valence-electron chi connectivity index (χ3n) is 3.15. The lowest BCUT2D eigenvalue weighted by molar-refractivity contribution is 0.412. The number of hydrogen-bond acceptors (Lipinski definition) is 3. The number of ether oxygens (including phenoxy) is 2. The zero-order chi connectivity index (χ0) is 14.5. The molecule has 0 aliphatic rings. The summed E-state index contributed by atoms with van der Waals surface area (Å²) < 4.78 is 23.5. The molecule has 20 heavy (non-hydrogen) atoms. The summed E-state index contributed by atoms with van der Waals surface area (Å²) in [5.74, 6) is 0.996. The van der Waals surface area contributed by atoms with Gasteiger partial charge in [0.1, 0.15) is 17.3 Å². The molecule has 0 fully saturated rings. The van der Waals surface area contributed by atoms with Gasteiger partial charge in [-0.25, -0.2) is 4.39 Å². The Morgan fingerprint density at radius 2 is 1.70 bits per heavy atom. The molecule has 0 amide bonds. The number of nitrogens with one attached hydrogen (secondary N) is 1. The second-order valence-corrected chi connectivity index (χ2v) is 4.48. The monoisotopic (exact) mass is 275 g/mol. The van der Waals surface area contributed by atoms with Gasteiger partial charge >= 0.3 is 0 Å². The van der Waals surface area contributed by atoms with Crippen LogP contribution in [0.15, 0.2) is 42.5 Å². The Morgan fingerprint density at radius 1 is 1.00 bits per heavy atom. The summed E-state index contributed by atoms with van der Waals surface area (Å²) in [7, 11) is 3.16. The van der Waals surface area contributed by atoms with Gasteiger partial charge in [-0.2, -0.15) is 0 Å². The number of benzene rings is 2. The molecule has 4 heteroatoms. The quantitative estimate of drug-likeness (QED) is 0.894. The van der Waals surface area contributed by atoms with E-state index in [-0.39, 0.29) is 11.9 Å². The van der Waals surface area contributed by atoms with Crippen LogP contribution in [-0.2, 0) is 0 Å². The molecule has 2 aromatic carbocycles. The van der Waals surface area contributed by atoms with Gasteiger partial charge in [0.25, 0.3) is 0 Å². The Labute approximate surface area is 118 Å². The summed E-state index contributed by atoms with van der Waals surface area (Å²) in [4.78, 5) is 0. The number of methoxy groups -OCH3 is 2. The normalized spacial score (nSPS) is 11.8. The smallest absolute Gasteiger partial charge is 0.144 e. The summed E-state index contributed by atoms with van der Waals surface area (Å²) in [5.41, 5.74) is 1.87. The number of rotatable bonds is 5. The maximum atomic E-state index is 13.2. The molecule has 0 aliphatic heterocycles. The van der Waals surface area contributed by atoms with Crippen molar-refractivity contribution < 1.29 is 13.9 Å². The van der Waals surface area contributed by atoms with E-state index in [0.29, 0.717) is 5.75 Å². The minimum Gasteiger partial charge on any atom is -0.497 e. The molecular formula is C16H18FNO2. The predicted molar refractivity (Wildman–Crippen MR) is 78.0 cm³/mol. The molecule has 0 saturated heterocycles. The minimum atomic E-state index is -0.315. The lowest BCUT2D eigenvalue weighted by Crippen LogP contribution is -2.07. The van der Waals surface area contributed by atoms with E-state index in [2.05, 4.69) is 5.32 Å². The third-order valence-corrected chi connectivity index (χ3v) is 3.15. The fourth-order valence-electron chi connectivity index (χ4n) is 1.99. The molecule has 1 unspecified atom stereocenters. The van der Waals surface area contributed by atoms with Crippen molar-refractivity contribution in [2.24, 2.45) is 0 Å². The van der Waals surface area contributed by atoms with Gasteiger partial charge in [0.2, 0.25) is 0 Å². The van der Waals surface area contributed by atoms with E-state index in [1.165, 1.54) is 19.2 Å². The second kappa shape index (κ2) is 6.28. The molecule has 106 valence electrons. The van der Waals surface area contributed by atoms with Gasteiger partial charge in [-0.1, -0.05) is 12.1 Å². The lowest BCUT2D eigenvalue weighted by atomic mass is 10.1. The first-order valence-corrected chi connectivity index (χ1v) is 6.38. The summed E-state index contributed by atoms with van der Waals surface area (Å²) in [6, 6.07) is 12.3. The van der Waals surface area contributed by atoms with Crippen LogP contribution in [0.2, 0.25) is 0 Å². The number of halogens is 1. The summed E-state index contributed by atoms with van der Waals surface area (Å²) >= 11 is 0. The Bertz CT molecular complexity index is 569. The average molecular weight is 275 g/mol. The maximum absolute atomic E-state index is 13.2. The second-order valence-electron chi connectivity index (χ2n) is 4.48. The van der Waals surface area contributed by atoms with Crippen LogP contribution in [0.5, 0.6) is 11.5 Å². The molecule has 2 aromatic rings. The number of hydrogen-bond donors (Lipinski definition) is 1. The molecule has 0 spiro atoms.